The van der Waals surface area contributed by atoms with Crippen LogP contribution >= 0.6 is 0 Å². The van der Waals surface area contributed by atoms with E-state index in [0.717, 1.165) is 5.52 Å². The highest BCUT2D eigenvalue weighted by Gasteiger charge is 2.15. The first kappa shape index (κ1) is 12.3. The van der Waals surface area contributed by atoms with Crippen molar-refractivity contribution in [2.24, 2.45) is 0 Å². The van der Waals surface area contributed by atoms with Crippen LogP contribution in [0.4, 0.5) is 0 Å². The molecular formula is C14H12N4O2. The van der Waals surface area contributed by atoms with E-state index in [1.165, 1.54) is 4.68 Å². The topological polar surface area (TPSA) is 71.2 Å². The van der Waals surface area contributed by atoms with Crippen molar-refractivity contribution >= 4 is 16.9 Å². The zero-order valence-corrected chi connectivity index (χ0v) is 10.5. The van der Waals surface area contributed by atoms with Gasteiger partial charge in [-0.05, 0) is 24.3 Å². The summed E-state index contributed by atoms with van der Waals surface area (Å²) in [6.07, 6.45) is 0. The molecule has 1 amide bonds. The molecule has 0 aliphatic heterocycles. The minimum Gasteiger partial charge on any atom is -0.284 e. The second-order valence-electron chi connectivity index (χ2n) is 4.29. The number of rotatable bonds is 3. The van der Waals surface area contributed by atoms with Crippen molar-refractivity contribution in [2.75, 3.05) is 0 Å². The molecule has 1 heterocycles. The molecule has 0 unspecified atom stereocenters. The summed E-state index contributed by atoms with van der Waals surface area (Å²) in [4.78, 5) is 12.0. The molecule has 6 nitrogen and oxygen atoms in total. The van der Waals surface area contributed by atoms with Crippen molar-refractivity contribution in [3.63, 3.8) is 0 Å². The zero-order chi connectivity index (χ0) is 13.9. The molecule has 20 heavy (non-hydrogen) atoms. The average Bonchev–Trinajstić information content (AvgIpc) is 2.91. The van der Waals surface area contributed by atoms with Gasteiger partial charge in [0.2, 0.25) is 0 Å². The highest BCUT2D eigenvalue weighted by atomic mass is 16.5. The maximum absolute atomic E-state index is 12.0. The van der Waals surface area contributed by atoms with Crippen LogP contribution in [0.3, 0.4) is 0 Å². The number of carbonyl (C=O) groups excluding carboxylic acids is 1. The Labute approximate surface area is 114 Å². The summed E-state index contributed by atoms with van der Waals surface area (Å²) in [6.45, 7) is -0.0752. The third kappa shape index (κ3) is 2.24. The molecule has 0 spiro atoms. The Kier molecular flexibility index (Phi) is 3.14. The van der Waals surface area contributed by atoms with Crippen LogP contribution in [0.15, 0.2) is 54.6 Å². The van der Waals surface area contributed by atoms with Gasteiger partial charge in [0, 0.05) is 5.56 Å². The van der Waals surface area contributed by atoms with Gasteiger partial charge in [-0.15, -0.1) is 5.10 Å². The molecule has 3 aromatic rings. The number of fused-ring (bicyclic) bond motifs is 1. The lowest BCUT2D eigenvalue weighted by molar-refractivity contribution is -0.0815. The number of carbonyl (C=O) groups is 1. The normalized spacial score (nSPS) is 10.7. The molecule has 0 radical (unpaired) electrons. The minimum absolute atomic E-state index is 0.0752. The van der Waals surface area contributed by atoms with Gasteiger partial charge >= 0.3 is 0 Å². The average molecular weight is 268 g/mol. The van der Waals surface area contributed by atoms with Crippen molar-refractivity contribution in [1.82, 2.24) is 20.1 Å². The molecule has 0 aliphatic carbocycles. The van der Waals surface area contributed by atoms with Crippen molar-refractivity contribution in [3.8, 4) is 0 Å². The fourth-order valence-corrected chi connectivity index (χ4v) is 1.94. The number of hydrogen-bond acceptors (Lipinski definition) is 4. The highest BCUT2D eigenvalue weighted by molar-refractivity contribution is 5.93. The number of aromatic nitrogens is 3. The molecule has 0 atom stereocenters. The van der Waals surface area contributed by atoms with Crippen molar-refractivity contribution in [1.29, 1.82) is 0 Å². The predicted octanol–water partition coefficient (Wildman–Crippen LogP) is 1.92. The Balaban J connectivity index is 1.82. The van der Waals surface area contributed by atoms with Crippen LogP contribution in [-0.2, 0) is 6.67 Å². The van der Waals surface area contributed by atoms with Crippen LogP contribution in [0.5, 0.6) is 0 Å². The molecule has 6 heteroatoms. The Morgan fingerprint density at radius 1 is 1.10 bits per heavy atom. The van der Waals surface area contributed by atoms with Gasteiger partial charge in [0.25, 0.3) is 5.91 Å². The minimum atomic E-state index is -0.481. The van der Waals surface area contributed by atoms with Gasteiger partial charge in [-0.2, -0.15) is 5.06 Å². The van der Waals surface area contributed by atoms with E-state index >= 15 is 0 Å². The van der Waals surface area contributed by atoms with Crippen molar-refractivity contribution < 1.29 is 10.0 Å². The second-order valence-corrected chi connectivity index (χ2v) is 4.29. The van der Waals surface area contributed by atoms with Crippen molar-refractivity contribution in [3.05, 3.63) is 60.2 Å². The smallest absolute Gasteiger partial charge is 0.279 e. The van der Waals surface area contributed by atoms with Crippen LogP contribution in [0.2, 0.25) is 0 Å². The summed E-state index contributed by atoms with van der Waals surface area (Å²) in [7, 11) is 0. The molecule has 3 rings (SSSR count). The number of nitrogens with zero attached hydrogens (tertiary/aromatic N) is 4. The van der Waals surface area contributed by atoms with E-state index in [2.05, 4.69) is 10.3 Å². The van der Waals surface area contributed by atoms with E-state index < -0.39 is 5.91 Å². The van der Waals surface area contributed by atoms with Gasteiger partial charge in [0.15, 0.2) is 0 Å². The quantitative estimate of drug-likeness (QED) is 0.582. The first-order valence-corrected chi connectivity index (χ1v) is 6.10. The Morgan fingerprint density at radius 3 is 2.60 bits per heavy atom. The second kappa shape index (κ2) is 5.10. The number of hydrogen-bond donors (Lipinski definition) is 1. The van der Waals surface area contributed by atoms with Crippen molar-refractivity contribution in [2.45, 2.75) is 6.67 Å². The summed E-state index contributed by atoms with van der Waals surface area (Å²) in [5.74, 6) is -0.481. The van der Waals surface area contributed by atoms with Gasteiger partial charge in [0.1, 0.15) is 12.2 Å². The monoisotopic (exact) mass is 268 g/mol. The molecule has 100 valence electrons. The maximum Gasteiger partial charge on any atom is 0.279 e. The molecule has 0 aliphatic rings. The standard InChI is InChI=1S/C14H12N4O2/c19-14(11-6-2-1-3-7-11)18(20)10-17-13-9-5-4-8-12(13)15-16-17/h1-9,20H,10H2. The fraction of sp³-hybridized carbons (Fsp3) is 0.0714. The van der Waals surface area contributed by atoms with E-state index in [1.54, 1.807) is 24.3 Å². The lowest BCUT2D eigenvalue weighted by Crippen LogP contribution is -2.30. The van der Waals surface area contributed by atoms with E-state index in [0.29, 0.717) is 16.1 Å². The predicted molar refractivity (Wildman–Crippen MR) is 71.9 cm³/mol. The largest absolute Gasteiger partial charge is 0.284 e. The summed E-state index contributed by atoms with van der Waals surface area (Å²) >= 11 is 0. The molecule has 1 N–H and O–H groups in total. The van der Waals surface area contributed by atoms with E-state index in [9.17, 15) is 10.0 Å². The van der Waals surface area contributed by atoms with Crippen LogP contribution in [0, 0.1) is 0 Å². The Morgan fingerprint density at radius 2 is 1.80 bits per heavy atom. The number of benzene rings is 2. The summed E-state index contributed by atoms with van der Waals surface area (Å²) in [5, 5.41) is 18.4. The van der Waals surface area contributed by atoms with Crippen LogP contribution in [0.25, 0.3) is 11.0 Å². The highest BCUT2D eigenvalue weighted by Crippen LogP contribution is 2.11. The van der Waals surface area contributed by atoms with Crippen LogP contribution in [0.1, 0.15) is 10.4 Å². The van der Waals surface area contributed by atoms with Gasteiger partial charge in [0.05, 0.1) is 5.52 Å². The zero-order valence-electron chi connectivity index (χ0n) is 10.5. The first-order chi connectivity index (χ1) is 9.75. The van der Waals surface area contributed by atoms with Crippen LogP contribution in [-0.4, -0.2) is 31.2 Å². The Bertz CT molecular complexity index is 739. The maximum atomic E-state index is 12.0. The number of amides is 1. The van der Waals surface area contributed by atoms with Gasteiger partial charge in [-0.3, -0.25) is 10.0 Å². The first-order valence-electron chi connectivity index (χ1n) is 6.10. The molecular weight excluding hydrogens is 256 g/mol. The fourth-order valence-electron chi connectivity index (χ4n) is 1.94. The third-order valence-corrected chi connectivity index (χ3v) is 2.94. The van der Waals surface area contributed by atoms with Gasteiger partial charge in [-0.1, -0.05) is 35.5 Å². The summed E-state index contributed by atoms with van der Waals surface area (Å²) < 4.78 is 1.47. The summed E-state index contributed by atoms with van der Waals surface area (Å²) in [6, 6.07) is 15.9. The molecule has 0 fully saturated rings. The summed E-state index contributed by atoms with van der Waals surface area (Å²) in [5.41, 5.74) is 1.89. The third-order valence-electron chi connectivity index (χ3n) is 2.94. The van der Waals surface area contributed by atoms with Crippen LogP contribution < -0.4 is 0 Å². The van der Waals surface area contributed by atoms with E-state index in [1.807, 2.05) is 30.3 Å². The van der Waals surface area contributed by atoms with E-state index in [-0.39, 0.29) is 6.67 Å². The molecule has 0 saturated heterocycles. The number of para-hydroxylation sites is 1. The molecule has 2 aromatic carbocycles. The van der Waals surface area contributed by atoms with Gasteiger partial charge in [-0.25, -0.2) is 4.68 Å². The molecule has 0 saturated carbocycles. The Hall–Kier alpha value is -2.73. The van der Waals surface area contributed by atoms with Gasteiger partial charge < -0.3 is 0 Å². The lowest BCUT2D eigenvalue weighted by atomic mass is 10.2. The molecule has 0 bridgehead atoms. The SMILES string of the molecule is O=C(c1ccccc1)N(O)Cn1nnc2ccccc21. The number of hydroxylamine groups is 2. The molecule has 1 aromatic heterocycles. The lowest BCUT2D eigenvalue weighted by Gasteiger charge is -2.14. The van der Waals surface area contributed by atoms with E-state index in [4.69, 9.17) is 0 Å².